The van der Waals surface area contributed by atoms with Crippen LogP contribution in [0, 0.1) is 5.41 Å². The van der Waals surface area contributed by atoms with Crippen LogP contribution in [0.15, 0.2) is 30.3 Å². The highest BCUT2D eigenvalue weighted by Crippen LogP contribution is 2.55. The van der Waals surface area contributed by atoms with E-state index in [4.69, 9.17) is 4.74 Å². The van der Waals surface area contributed by atoms with E-state index in [-0.39, 0.29) is 6.03 Å². The number of urea groups is 1. The minimum absolute atomic E-state index is 0.0762. The minimum Gasteiger partial charge on any atom is -0.385 e. The third-order valence-corrected chi connectivity index (χ3v) is 6.04. The van der Waals surface area contributed by atoms with E-state index < -0.39 is 0 Å². The summed E-state index contributed by atoms with van der Waals surface area (Å²) in [5.74, 6) is 0. The molecule has 2 aliphatic heterocycles. The Hall–Kier alpha value is -1.59. The third-order valence-electron chi connectivity index (χ3n) is 6.04. The van der Waals surface area contributed by atoms with E-state index in [1.54, 1.807) is 7.11 Å². The lowest BCUT2D eigenvalue weighted by Gasteiger charge is -2.62. The fourth-order valence-electron chi connectivity index (χ4n) is 4.55. The van der Waals surface area contributed by atoms with E-state index in [9.17, 15) is 4.79 Å². The average molecular weight is 360 g/mol. The summed E-state index contributed by atoms with van der Waals surface area (Å²) in [4.78, 5) is 17.0. The number of amides is 2. The minimum atomic E-state index is 0.0762. The molecule has 2 aliphatic rings. The van der Waals surface area contributed by atoms with Crippen molar-refractivity contribution in [2.24, 2.45) is 5.41 Å². The van der Waals surface area contributed by atoms with Crippen molar-refractivity contribution in [3.8, 4) is 0 Å². The van der Waals surface area contributed by atoms with E-state index in [0.29, 0.717) is 30.7 Å². The zero-order valence-corrected chi connectivity index (χ0v) is 16.4. The molecule has 0 aliphatic carbocycles. The zero-order chi connectivity index (χ0) is 18.6. The molecule has 2 amide bonds. The number of nitrogens with zero attached hydrogens (tertiary/aromatic N) is 2. The summed E-state index contributed by atoms with van der Waals surface area (Å²) in [5, 5.41) is 3.02. The highest BCUT2D eigenvalue weighted by molar-refractivity contribution is 5.74. The highest BCUT2D eigenvalue weighted by atomic mass is 16.5. The fourth-order valence-corrected chi connectivity index (χ4v) is 4.55. The molecule has 0 radical (unpaired) electrons. The van der Waals surface area contributed by atoms with Crippen molar-refractivity contribution < 1.29 is 9.53 Å². The Morgan fingerprint density at radius 1 is 1.27 bits per heavy atom. The summed E-state index contributed by atoms with van der Waals surface area (Å²) >= 11 is 0. The Labute approximate surface area is 157 Å². The molecule has 144 valence electrons. The number of carbonyl (C=O) groups is 1. The summed E-state index contributed by atoms with van der Waals surface area (Å²) in [6.45, 7) is 8.79. The summed E-state index contributed by atoms with van der Waals surface area (Å²) in [6.07, 6.45) is 3.03. The highest BCUT2D eigenvalue weighted by Gasteiger charge is 2.54. The predicted octanol–water partition coefficient (Wildman–Crippen LogP) is 3.28. The first-order valence-electron chi connectivity index (χ1n) is 9.90. The molecular weight excluding hydrogens is 326 g/mol. The first-order valence-corrected chi connectivity index (χ1v) is 9.90. The second kappa shape index (κ2) is 8.40. The molecule has 2 fully saturated rings. The van der Waals surface area contributed by atoms with E-state index in [1.165, 1.54) is 5.56 Å². The third kappa shape index (κ3) is 3.89. The number of likely N-dealkylation sites (tertiary alicyclic amines) is 2. The second-order valence-electron chi connectivity index (χ2n) is 8.01. The predicted molar refractivity (Wildman–Crippen MR) is 104 cm³/mol. The molecule has 3 rings (SSSR count). The van der Waals surface area contributed by atoms with Crippen LogP contribution in [0.1, 0.15) is 44.7 Å². The van der Waals surface area contributed by atoms with Crippen LogP contribution in [0.2, 0.25) is 0 Å². The quantitative estimate of drug-likeness (QED) is 0.793. The van der Waals surface area contributed by atoms with Gasteiger partial charge in [-0.1, -0.05) is 30.3 Å². The Morgan fingerprint density at radius 2 is 1.96 bits per heavy atom. The fraction of sp³-hybridized carbons (Fsp3) is 0.667. The Kier molecular flexibility index (Phi) is 6.20. The van der Waals surface area contributed by atoms with Gasteiger partial charge in [-0.2, -0.15) is 0 Å². The van der Waals surface area contributed by atoms with Crippen molar-refractivity contribution in [1.29, 1.82) is 0 Å². The molecule has 1 aromatic carbocycles. The number of hydrogen-bond donors (Lipinski definition) is 1. The van der Waals surface area contributed by atoms with Gasteiger partial charge in [-0.25, -0.2) is 4.79 Å². The van der Waals surface area contributed by atoms with Gasteiger partial charge in [0.15, 0.2) is 0 Å². The van der Waals surface area contributed by atoms with E-state index >= 15 is 0 Å². The number of hydrogen-bond acceptors (Lipinski definition) is 3. The van der Waals surface area contributed by atoms with Gasteiger partial charge >= 0.3 is 6.03 Å². The first kappa shape index (κ1) is 19.2. The van der Waals surface area contributed by atoms with Crippen LogP contribution in [0.3, 0.4) is 0 Å². The molecule has 1 N–H and O–H groups in total. The van der Waals surface area contributed by atoms with Crippen LogP contribution in [0.5, 0.6) is 0 Å². The molecule has 1 unspecified atom stereocenters. The van der Waals surface area contributed by atoms with Crippen LogP contribution < -0.4 is 5.32 Å². The molecule has 1 atom stereocenters. The summed E-state index contributed by atoms with van der Waals surface area (Å²) < 4.78 is 5.03. The number of rotatable bonds is 6. The van der Waals surface area contributed by atoms with Crippen molar-refractivity contribution in [3.05, 3.63) is 35.9 Å². The number of carbonyl (C=O) groups excluding carboxylic acids is 1. The number of piperidine rings is 1. The number of nitrogens with one attached hydrogen (secondary N) is 1. The van der Waals surface area contributed by atoms with Crippen molar-refractivity contribution in [1.82, 2.24) is 15.1 Å². The molecule has 1 spiro atoms. The molecule has 2 heterocycles. The van der Waals surface area contributed by atoms with Gasteiger partial charge in [0.25, 0.3) is 0 Å². The maximum Gasteiger partial charge on any atom is 0.317 e. The topological polar surface area (TPSA) is 44.8 Å². The van der Waals surface area contributed by atoms with Crippen LogP contribution >= 0.6 is 0 Å². The van der Waals surface area contributed by atoms with Crippen LogP contribution in [-0.4, -0.2) is 61.8 Å². The summed E-state index contributed by atoms with van der Waals surface area (Å²) in [7, 11) is 1.69. The standard InChI is InChI=1S/C21H33N3O2/c1-17(2)24-16-21(19(24)18-8-5-4-6-9-18)10-13-23(14-11-21)20(25)22-12-7-15-26-3/h4-6,8-9,17,19H,7,10-16H2,1-3H3,(H,22,25). The lowest BCUT2D eigenvalue weighted by atomic mass is 9.62. The van der Waals surface area contributed by atoms with Gasteiger partial charge in [-0.05, 0) is 38.7 Å². The smallest absolute Gasteiger partial charge is 0.317 e. The monoisotopic (exact) mass is 359 g/mol. The van der Waals surface area contributed by atoms with Gasteiger partial charge in [-0.15, -0.1) is 0 Å². The number of benzene rings is 1. The van der Waals surface area contributed by atoms with Crippen molar-refractivity contribution in [3.63, 3.8) is 0 Å². The molecule has 0 bridgehead atoms. The lowest BCUT2D eigenvalue weighted by molar-refractivity contribution is -0.123. The SMILES string of the molecule is COCCCNC(=O)N1CCC2(CC1)CN(C(C)C)C2c1ccccc1. The Balaban J connectivity index is 1.59. The van der Waals surface area contributed by atoms with Crippen LogP contribution in [0.4, 0.5) is 4.79 Å². The summed E-state index contributed by atoms with van der Waals surface area (Å²) in [6, 6.07) is 12.0. The van der Waals surface area contributed by atoms with E-state index in [0.717, 1.165) is 38.9 Å². The van der Waals surface area contributed by atoms with Crippen LogP contribution in [-0.2, 0) is 4.74 Å². The van der Waals surface area contributed by atoms with Crippen molar-refractivity contribution >= 4 is 6.03 Å². The molecule has 1 aromatic rings. The average Bonchev–Trinajstić information content (AvgIpc) is 2.64. The number of methoxy groups -OCH3 is 1. The molecule has 26 heavy (non-hydrogen) atoms. The molecule has 5 nitrogen and oxygen atoms in total. The Morgan fingerprint density at radius 3 is 2.58 bits per heavy atom. The van der Waals surface area contributed by atoms with Crippen molar-refractivity contribution in [2.75, 3.05) is 39.9 Å². The van der Waals surface area contributed by atoms with Gasteiger partial charge < -0.3 is 15.0 Å². The zero-order valence-electron chi connectivity index (χ0n) is 16.4. The van der Waals surface area contributed by atoms with Gasteiger partial charge in [-0.3, -0.25) is 4.90 Å². The number of ether oxygens (including phenoxy) is 1. The molecule has 0 saturated carbocycles. The molecule has 0 aromatic heterocycles. The normalized spacial score (nSPS) is 22.5. The second-order valence-corrected chi connectivity index (χ2v) is 8.01. The van der Waals surface area contributed by atoms with Gasteiger partial charge in [0.1, 0.15) is 0 Å². The van der Waals surface area contributed by atoms with Gasteiger partial charge in [0.2, 0.25) is 0 Å². The molecule has 2 saturated heterocycles. The van der Waals surface area contributed by atoms with Gasteiger partial charge in [0, 0.05) is 57.4 Å². The molecular formula is C21H33N3O2. The lowest BCUT2D eigenvalue weighted by Crippen LogP contribution is -2.64. The van der Waals surface area contributed by atoms with Crippen molar-refractivity contribution in [2.45, 2.75) is 45.2 Å². The largest absolute Gasteiger partial charge is 0.385 e. The molecule has 5 heteroatoms. The van der Waals surface area contributed by atoms with Crippen LogP contribution in [0.25, 0.3) is 0 Å². The maximum atomic E-state index is 12.4. The van der Waals surface area contributed by atoms with E-state index in [2.05, 4.69) is 54.4 Å². The first-order chi connectivity index (χ1) is 12.6. The Bertz CT molecular complexity index is 582. The summed E-state index contributed by atoms with van der Waals surface area (Å²) in [5.41, 5.74) is 1.74. The van der Waals surface area contributed by atoms with E-state index in [1.807, 2.05) is 4.90 Å². The maximum absolute atomic E-state index is 12.4. The van der Waals surface area contributed by atoms with Gasteiger partial charge in [0.05, 0.1) is 0 Å².